The fraction of sp³-hybridized carbons (Fsp3) is 0.850. The van der Waals surface area contributed by atoms with Gasteiger partial charge in [0.05, 0.1) is 12.6 Å². The molecule has 0 bridgehead atoms. The summed E-state index contributed by atoms with van der Waals surface area (Å²) in [5.41, 5.74) is 0.118. The van der Waals surface area contributed by atoms with Crippen LogP contribution in [0.15, 0.2) is 4.99 Å². The molecule has 1 aromatic heterocycles. The van der Waals surface area contributed by atoms with E-state index in [1.54, 1.807) is 0 Å². The van der Waals surface area contributed by atoms with Gasteiger partial charge in [-0.1, -0.05) is 34.1 Å². The summed E-state index contributed by atoms with van der Waals surface area (Å²) in [7, 11) is 1.84. The van der Waals surface area contributed by atoms with Crippen LogP contribution in [0, 0.1) is 5.41 Å². The van der Waals surface area contributed by atoms with Gasteiger partial charge in [-0.25, -0.2) is 9.67 Å². The van der Waals surface area contributed by atoms with Gasteiger partial charge in [0.25, 0.3) is 0 Å². The van der Waals surface area contributed by atoms with Gasteiger partial charge in [-0.3, -0.25) is 4.99 Å². The number of nitrogens with zero attached hydrogens (tertiary/aromatic N) is 4. The van der Waals surface area contributed by atoms with Crippen molar-refractivity contribution < 1.29 is 4.74 Å². The second kappa shape index (κ2) is 8.59. The number of nitrogens with one attached hydrogen (secondary N) is 2. The zero-order chi connectivity index (χ0) is 19.4. The van der Waals surface area contributed by atoms with E-state index in [9.17, 15) is 0 Å². The molecular weight excluding hydrogens is 340 g/mol. The number of rotatable bonds is 7. The lowest BCUT2D eigenvalue weighted by molar-refractivity contribution is -0.113. The summed E-state index contributed by atoms with van der Waals surface area (Å²) in [5.74, 6) is 2.93. The van der Waals surface area contributed by atoms with Crippen molar-refractivity contribution in [1.29, 1.82) is 0 Å². The Bertz CT molecular complexity index is 653. The number of aliphatic imine (C=N–C) groups is 1. The Kier molecular flexibility index (Phi) is 6.40. The summed E-state index contributed by atoms with van der Waals surface area (Å²) in [6.07, 6.45) is 6.59. The maximum absolute atomic E-state index is 6.06. The van der Waals surface area contributed by atoms with Gasteiger partial charge >= 0.3 is 0 Å². The monoisotopic (exact) mass is 376 g/mol. The van der Waals surface area contributed by atoms with Gasteiger partial charge in [-0.15, -0.1) is 0 Å². The van der Waals surface area contributed by atoms with E-state index in [2.05, 4.69) is 58.1 Å². The van der Waals surface area contributed by atoms with E-state index < -0.39 is 0 Å². The Hall–Kier alpha value is -1.63. The molecule has 0 radical (unpaired) electrons. The van der Waals surface area contributed by atoms with Crippen LogP contribution in [-0.4, -0.2) is 52.6 Å². The third kappa shape index (κ3) is 4.45. The fourth-order valence-corrected chi connectivity index (χ4v) is 3.94. The summed E-state index contributed by atoms with van der Waals surface area (Å²) in [6.45, 7) is 10.6. The molecule has 2 aliphatic rings. The van der Waals surface area contributed by atoms with E-state index in [1.807, 2.05) is 7.05 Å². The van der Waals surface area contributed by atoms with Gasteiger partial charge in [0.1, 0.15) is 5.82 Å². The van der Waals surface area contributed by atoms with Crippen LogP contribution in [0.1, 0.15) is 65.0 Å². The molecule has 7 nitrogen and oxygen atoms in total. The van der Waals surface area contributed by atoms with Gasteiger partial charge in [-0.05, 0) is 19.3 Å². The summed E-state index contributed by atoms with van der Waals surface area (Å²) in [6, 6.07) is 0.711. The molecule has 1 saturated carbocycles. The molecule has 3 rings (SSSR count). The number of hydrogen-bond acceptors (Lipinski definition) is 4. The lowest BCUT2D eigenvalue weighted by Crippen LogP contribution is -2.64. The topological polar surface area (TPSA) is 76.4 Å². The summed E-state index contributed by atoms with van der Waals surface area (Å²) in [5, 5.41) is 11.8. The van der Waals surface area contributed by atoms with E-state index in [0.29, 0.717) is 18.2 Å². The van der Waals surface area contributed by atoms with Crippen molar-refractivity contribution in [3.05, 3.63) is 11.6 Å². The summed E-state index contributed by atoms with van der Waals surface area (Å²) < 4.78 is 8.12. The second-order valence-corrected chi connectivity index (χ2v) is 8.40. The van der Waals surface area contributed by atoms with Gasteiger partial charge in [0.2, 0.25) is 0 Å². The maximum Gasteiger partial charge on any atom is 0.191 e. The van der Waals surface area contributed by atoms with E-state index in [0.717, 1.165) is 62.9 Å². The van der Waals surface area contributed by atoms with Crippen LogP contribution < -0.4 is 10.6 Å². The summed E-state index contributed by atoms with van der Waals surface area (Å²) in [4.78, 5) is 9.05. The lowest BCUT2D eigenvalue weighted by Gasteiger charge is -2.52. The molecule has 0 amide bonds. The van der Waals surface area contributed by atoms with Crippen molar-refractivity contribution >= 4 is 5.96 Å². The van der Waals surface area contributed by atoms with E-state index in [4.69, 9.17) is 4.74 Å². The number of hydrogen-bond donors (Lipinski definition) is 2. The molecule has 152 valence electrons. The molecule has 7 heteroatoms. The molecule has 2 N–H and O–H groups in total. The van der Waals surface area contributed by atoms with E-state index in [1.165, 1.54) is 6.42 Å². The molecule has 0 spiro atoms. The van der Waals surface area contributed by atoms with Gasteiger partial charge in [-0.2, -0.15) is 5.10 Å². The maximum atomic E-state index is 6.06. The van der Waals surface area contributed by atoms with Crippen molar-refractivity contribution in [2.75, 3.05) is 13.7 Å². The molecule has 1 aliphatic heterocycles. The number of aromatic nitrogens is 3. The largest absolute Gasteiger partial charge is 0.378 e. The van der Waals surface area contributed by atoms with Gasteiger partial charge < -0.3 is 15.4 Å². The molecule has 1 aliphatic carbocycles. The SMILES string of the molecule is CCCCOC1CC(NC(=NC)NC2CCc3nc(CC)nn3C2)C1(C)C. The average Bonchev–Trinajstić information content (AvgIpc) is 3.08. The van der Waals surface area contributed by atoms with Crippen molar-refractivity contribution in [3.63, 3.8) is 0 Å². The number of aryl methyl sites for hydroxylation is 2. The van der Waals surface area contributed by atoms with Crippen LogP contribution in [0.5, 0.6) is 0 Å². The molecule has 1 aromatic rings. The van der Waals surface area contributed by atoms with Crippen molar-refractivity contribution in [2.24, 2.45) is 10.4 Å². The first-order valence-corrected chi connectivity index (χ1v) is 10.5. The minimum Gasteiger partial charge on any atom is -0.378 e. The first kappa shape index (κ1) is 20.1. The van der Waals surface area contributed by atoms with Crippen molar-refractivity contribution in [2.45, 2.75) is 91.0 Å². The first-order valence-electron chi connectivity index (χ1n) is 10.5. The smallest absolute Gasteiger partial charge is 0.191 e. The normalized spacial score (nSPS) is 27.0. The Morgan fingerprint density at radius 3 is 2.81 bits per heavy atom. The van der Waals surface area contributed by atoms with Crippen LogP contribution in [0.3, 0.4) is 0 Å². The molecule has 3 unspecified atom stereocenters. The molecular formula is C20H36N6O. The number of fused-ring (bicyclic) bond motifs is 1. The molecule has 1 fully saturated rings. The molecule has 0 saturated heterocycles. The summed E-state index contributed by atoms with van der Waals surface area (Å²) >= 11 is 0. The third-order valence-electron chi connectivity index (χ3n) is 6.09. The average molecular weight is 377 g/mol. The van der Waals surface area contributed by atoms with Gasteiger partial charge in [0.15, 0.2) is 11.8 Å². The number of ether oxygens (including phenoxy) is 1. The van der Waals surface area contributed by atoms with Crippen molar-refractivity contribution in [3.8, 4) is 0 Å². The van der Waals surface area contributed by atoms with Crippen molar-refractivity contribution in [1.82, 2.24) is 25.4 Å². The Balaban J connectivity index is 1.50. The Morgan fingerprint density at radius 2 is 2.15 bits per heavy atom. The first-order chi connectivity index (χ1) is 13.0. The van der Waals surface area contributed by atoms with Crippen LogP contribution in [-0.2, 0) is 24.1 Å². The zero-order valence-electron chi connectivity index (χ0n) is 17.6. The third-order valence-corrected chi connectivity index (χ3v) is 6.09. The Labute approximate surface area is 163 Å². The zero-order valence-corrected chi connectivity index (χ0v) is 17.6. The van der Waals surface area contributed by atoms with Crippen LogP contribution in [0.25, 0.3) is 0 Å². The molecule has 27 heavy (non-hydrogen) atoms. The second-order valence-electron chi connectivity index (χ2n) is 8.40. The predicted molar refractivity (Wildman–Crippen MR) is 108 cm³/mol. The highest BCUT2D eigenvalue weighted by Crippen LogP contribution is 2.42. The van der Waals surface area contributed by atoms with E-state index in [-0.39, 0.29) is 5.41 Å². The van der Waals surface area contributed by atoms with Gasteiger partial charge in [0, 0.05) is 44.0 Å². The van der Waals surface area contributed by atoms with Crippen LogP contribution in [0.4, 0.5) is 0 Å². The highest BCUT2D eigenvalue weighted by Gasteiger charge is 2.49. The highest BCUT2D eigenvalue weighted by atomic mass is 16.5. The fourth-order valence-electron chi connectivity index (χ4n) is 3.94. The standard InChI is InChI=1S/C20H36N6O/c1-6-8-11-27-16-12-15(20(16,3)4)23-19(21-5)22-14-9-10-18-24-17(7-2)25-26(18)13-14/h14-16H,6-13H2,1-5H3,(H2,21,22,23). The predicted octanol–water partition coefficient (Wildman–Crippen LogP) is 2.30. The molecule has 3 atom stereocenters. The van der Waals surface area contributed by atoms with E-state index >= 15 is 0 Å². The number of unbranched alkanes of at least 4 members (excludes halogenated alkanes) is 1. The van der Waals surface area contributed by atoms with Crippen LogP contribution >= 0.6 is 0 Å². The quantitative estimate of drug-likeness (QED) is 0.434. The number of guanidine groups is 1. The minimum absolute atomic E-state index is 0.118. The molecule has 0 aromatic carbocycles. The van der Waals surface area contributed by atoms with Crippen LogP contribution in [0.2, 0.25) is 0 Å². The Morgan fingerprint density at radius 1 is 1.33 bits per heavy atom. The minimum atomic E-state index is 0.118. The lowest BCUT2D eigenvalue weighted by atomic mass is 9.64. The molecule has 2 heterocycles. The highest BCUT2D eigenvalue weighted by molar-refractivity contribution is 5.80.